The molecule has 0 saturated carbocycles. The van der Waals surface area contributed by atoms with Crippen LogP contribution < -0.4 is 0 Å². The van der Waals surface area contributed by atoms with E-state index in [2.05, 4.69) is 0 Å². The molecule has 0 fully saturated rings. The van der Waals surface area contributed by atoms with Crippen molar-refractivity contribution in [3.05, 3.63) is 75.8 Å². The summed E-state index contributed by atoms with van der Waals surface area (Å²) in [6, 6.07) is 14.2. The van der Waals surface area contributed by atoms with Crippen molar-refractivity contribution in [2.45, 2.75) is 6.42 Å². The Bertz CT molecular complexity index is 679. The van der Waals surface area contributed by atoms with Crippen LogP contribution in [0, 0.1) is 10.1 Å². The highest BCUT2D eigenvalue weighted by Crippen LogP contribution is 2.12. The van der Waals surface area contributed by atoms with Crippen molar-refractivity contribution in [2.75, 3.05) is 6.61 Å². The number of nitro groups is 1. The molecule has 0 N–H and O–H groups in total. The average Bonchev–Trinajstić information content (AvgIpc) is 2.53. The van der Waals surface area contributed by atoms with E-state index < -0.39 is 16.7 Å². The topological polar surface area (TPSA) is 86.5 Å². The van der Waals surface area contributed by atoms with E-state index >= 15 is 0 Å². The molecule has 0 atom stereocenters. The summed E-state index contributed by atoms with van der Waals surface area (Å²) in [5, 5.41) is 10.5. The van der Waals surface area contributed by atoms with Crippen LogP contribution in [0.15, 0.2) is 54.6 Å². The Kier molecular flexibility index (Phi) is 4.98. The highest BCUT2D eigenvalue weighted by molar-refractivity contribution is 5.98. The Balaban J connectivity index is 1.87. The second-order valence-corrected chi connectivity index (χ2v) is 4.55. The number of hydrogen-bond acceptors (Lipinski definition) is 5. The van der Waals surface area contributed by atoms with E-state index in [1.165, 1.54) is 24.3 Å². The summed E-state index contributed by atoms with van der Waals surface area (Å²) in [6.45, 7) is -0.385. The first-order chi connectivity index (χ1) is 10.6. The third kappa shape index (κ3) is 4.24. The van der Waals surface area contributed by atoms with Crippen molar-refractivity contribution in [2.24, 2.45) is 0 Å². The number of hydrogen-bond donors (Lipinski definition) is 0. The van der Waals surface area contributed by atoms with Crippen LogP contribution in [0.4, 0.5) is 5.69 Å². The van der Waals surface area contributed by atoms with Crippen LogP contribution in [0.25, 0.3) is 0 Å². The van der Waals surface area contributed by atoms with Gasteiger partial charge in [-0.2, -0.15) is 0 Å². The van der Waals surface area contributed by atoms with E-state index in [0.717, 1.165) is 5.56 Å². The largest absolute Gasteiger partial charge is 0.457 e. The molecule has 112 valence electrons. The second-order valence-electron chi connectivity index (χ2n) is 4.55. The lowest BCUT2D eigenvalue weighted by Gasteiger charge is -2.04. The summed E-state index contributed by atoms with van der Waals surface area (Å²) < 4.78 is 4.92. The molecule has 2 rings (SSSR count). The highest BCUT2D eigenvalue weighted by Gasteiger charge is 2.12. The minimum Gasteiger partial charge on any atom is -0.457 e. The van der Waals surface area contributed by atoms with Crippen molar-refractivity contribution in [3.8, 4) is 0 Å². The van der Waals surface area contributed by atoms with Gasteiger partial charge in [0.05, 0.1) is 11.3 Å². The van der Waals surface area contributed by atoms with E-state index in [-0.39, 0.29) is 24.3 Å². The predicted octanol–water partition coefficient (Wildman–Crippen LogP) is 2.56. The third-order valence-electron chi connectivity index (χ3n) is 2.96. The molecular formula is C16H13NO5. The molecule has 0 amide bonds. The molecule has 6 heteroatoms. The van der Waals surface area contributed by atoms with Crippen LogP contribution in [0.3, 0.4) is 0 Å². The number of Topliss-reactive ketones (excluding diaryl/α,β-unsaturated/α-hetero) is 1. The van der Waals surface area contributed by atoms with Crippen LogP contribution >= 0.6 is 0 Å². The van der Waals surface area contributed by atoms with Gasteiger partial charge in [-0.3, -0.25) is 19.7 Å². The molecule has 0 heterocycles. The number of carbonyl (C=O) groups is 2. The molecule has 0 aliphatic rings. The zero-order chi connectivity index (χ0) is 15.9. The minimum absolute atomic E-state index is 0.0916. The fraction of sp³-hybridized carbons (Fsp3) is 0.125. The van der Waals surface area contributed by atoms with Crippen LogP contribution in [0.5, 0.6) is 0 Å². The fourth-order valence-corrected chi connectivity index (χ4v) is 1.81. The van der Waals surface area contributed by atoms with Crippen molar-refractivity contribution >= 4 is 17.4 Å². The van der Waals surface area contributed by atoms with E-state index in [1.54, 1.807) is 12.1 Å². The number of non-ortho nitro benzene ring substituents is 1. The molecule has 0 spiro atoms. The van der Waals surface area contributed by atoms with Gasteiger partial charge in [0.2, 0.25) is 0 Å². The van der Waals surface area contributed by atoms with Gasteiger partial charge in [-0.1, -0.05) is 30.3 Å². The van der Waals surface area contributed by atoms with E-state index in [9.17, 15) is 19.7 Å². The molecular weight excluding hydrogens is 286 g/mol. The van der Waals surface area contributed by atoms with Gasteiger partial charge in [-0.15, -0.1) is 0 Å². The first kappa shape index (κ1) is 15.4. The van der Waals surface area contributed by atoms with E-state index in [1.807, 2.05) is 18.2 Å². The number of carbonyl (C=O) groups excluding carboxylic acids is 2. The highest BCUT2D eigenvalue weighted by atomic mass is 16.6. The standard InChI is InChI=1S/C16H13NO5/c18-15(13-6-8-14(9-7-13)17(20)21)11-22-16(19)10-12-4-2-1-3-5-12/h1-9H,10-11H2. The van der Waals surface area contributed by atoms with Crippen LogP contribution in [-0.4, -0.2) is 23.3 Å². The van der Waals surface area contributed by atoms with Crippen molar-refractivity contribution in [1.82, 2.24) is 0 Å². The summed E-state index contributed by atoms with van der Waals surface area (Å²) in [6.07, 6.45) is 0.0916. The number of benzene rings is 2. The Morgan fingerprint density at radius 2 is 1.64 bits per heavy atom. The zero-order valence-corrected chi connectivity index (χ0v) is 11.6. The normalized spacial score (nSPS) is 10.0. The smallest absolute Gasteiger partial charge is 0.310 e. The van der Waals surface area contributed by atoms with Crippen molar-refractivity contribution < 1.29 is 19.2 Å². The monoisotopic (exact) mass is 299 g/mol. The number of nitro benzene ring substituents is 1. The van der Waals surface area contributed by atoms with Crippen LogP contribution in [-0.2, 0) is 16.0 Å². The number of ether oxygens (including phenoxy) is 1. The number of rotatable bonds is 6. The van der Waals surface area contributed by atoms with Gasteiger partial charge in [0.1, 0.15) is 0 Å². The summed E-state index contributed by atoms with van der Waals surface area (Å²) >= 11 is 0. The fourth-order valence-electron chi connectivity index (χ4n) is 1.81. The van der Waals surface area contributed by atoms with Crippen LogP contribution in [0.2, 0.25) is 0 Å². The summed E-state index contributed by atoms with van der Waals surface area (Å²) in [5.41, 5.74) is 0.964. The summed E-state index contributed by atoms with van der Waals surface area (Å²) in [7, 11) is 0. The molecule has 6 nitrogen and oxygen atoms in total. The molecule has 0 bridgehead atoms. The molecule has 0 aromatic heterocycles. The maximum absolute atomic E-state index is 11.8. The lowest BCUT2D eigenvalue weighted by Crippen LogP contribution is -2.15. The molecule has 0 aliphatic carbocycles. The van der Waals surface area contributed by atoms with Gasteiger partial charge in [-0.25, -0.2) is 0 Å². The maximum Gasteiger partial charge on any atom is 0.310 e. The third-order valence-corrected chi connectivity index (χ3v) is 2.96. The molecule has 0 radical (unpaired) electrons. The van der Waals surface area contributed by atoms with E-state index in [0.29, 0.717) is 0 Å². The van der Waals surface area contributed by atoms with Gasteiger partial charge in [0.25, 0.3) is 5.69 Å². The van der Waals surface area contributed by atoms with Crippen molar-refractivity contribution in [1.29, 1.82) is 0 Å². The van der Waals surface area contributed by atoms with Gasteiger partial charge in [0.15, 0.2) is 12.4 Å². The molecule has 2 aromatic carbocycles. The second kappa shape index (κ2) is 7.12. The van der Waals surface area contributed by atoms with Gasteiger partial charge >= 0.3 is 5.97 Å². The Labute approximate surface area is 126 Å². The summed E-state index contributed by atoms with van der Waals surface area (Å²) in [5.74, 6) is -0.905. The lowest BCUT2D eigenvalue weighted by molar-refractivity contribution is -0.384. The molecule has 0 saturated heterocycles. The molecule has 0 unspecified atom stereocenters. The lowest BCUT2D eigenvalue weighted by atomic mass is 10.1. The molecule has 22 heavy (non-hydrogen) atoms. The molecule has 0 aliphatic heterocycles. The quantitative estimate of drug-likeness (QED) is 0.354. The summed E-state index contributed by atoms with van der Waals surface area (Å²) in [4.78, 5) is 33.4. The first-order valence-corrected chi connectivity index (χ1v) is 6.53. The SMILES string of the molecule is O=C(Cc1ccccc1)OCC(=O)c1ccc([N+](=O)[O-])cc1. The number of esters is 1. The average molecular weight is 299 g/mol. The zero-order valence-electron chi connectivity index (χ0n) is 11.6. The van der Waals surface area contributed by atoms with E-state index in [4.69, 9.17) is 4.74 Å². The maximum atomic E-state index is 11.8. The predicted molar refractivity (Wildman–Crippen MR) is 78.5 cm³/mol. The number of ketones is 1. The Morgan fingerprint density at radius 3 is 2.23 bits per heavy atom. The first-order valence-electron chi connectivity index (χ1n) is 6.53. The van der Waals surface area contributed by atoms with Gasteiger partial charge < -0.3 is 4.74 Å². The number of nitrogens with zero attached hydrogens (tertiary/aromatic N) is 1. The van der Waals surface area contributed by atoms with Gasteiger partial charge in [-0.05, 0) is 17.7 Å². The van der Waals surface area contributed by atoms with Gasteiger partial charge in [0, 0.05) is 17.7 Å². The Morgan fingerprint density at radius 1 is 1.00 bits per heavy atom. The molecule has 2 aromatic rings. The minimum atomic E-state index is -0.547. The van der Waals surface area contributed by atoms with Crippen LogP contribution in [0.1, 0.15) is 15.9 Å². The van der Waals surface area contributed by atoms with Crippen molar-refractivity contribution in [3.63, 3.8) is 0 Å². The Hall–Kier alpha value is -3.02.